The van der Waals surface area contributed by atoms with Crippen molar-refractivity contribution in [2.75, 3.05) is 0 Å². The molecule has 88 valence electrons. The molecule has 0 aliphatic heterocycles. The third kappa shape index (κ3) is 2.96. The molecule has 7 heteroatoms. The molecule has 0 saturated carbocycles. The normalized spacial score (nSPS) is 10.8. The van der Waals surface area contributed by atoms with Crippen molar-refractivity contribution < 1.29 is 18.7 Å². The first-order valence-corrected chi connectivity index (χ1v) is 5.13. The van der Waals surface area contributed by atoms with Gasteiger partial charge in [-0.05, 0) is 27.6 Å². The van der Waals surface area contributed by atoms with E-state index in [0.29, 0.717) is 0 Å². The van der Waals surface area contributed by atoms with Crippen LogP contribution in [-0.4, -0.2) is 16.1 Å². The molecular formula is C9H9BrF2N2O2. The van der Waals surface area contributed by atoms with E-state index in [0.717, 1.165) is 6.07 Å². The molecule has 0 saturated heterocycles. The molecule has 16 heavy (non-hydrogen) atoms. The molecule has 0 unspecified atom stereocenters. The van der Waals surface area contributed by atoms with Crippen LogP contribution in [-0.2, 0) is 17.8 Å². The van der Waals surface area contributed by atoms with Crippen LogP contribution in [0, 0.1) is 0 Å². The summed E-state index contributed by atoms with van der Waals surface area (Å²) in [6.45, 7) is -0.164. The second-order valence-corrected chi connectivity index (χ2v) is 3.85. The summed E-state index contributed by atoms with van der Waals surface area (Å²) in [6.07, 6.45) is -3.13. The maximum atomic E-state index is 12.7. The maximum Gasteiger partial charge on any atom is 0.309 e. The van der Waals surface area contributed by atoms with Crippen molar-refractivity contribution in [2.45, 2.75) is 19.4 Å². The molecule has 1 aromatic rings. The fourth-order valence-electron chi connectivity index (χ4n) is 1.33. The fourth-order valence-corrected chi connectivity index (χ4v) is 1.79. The average molecular weight is 295 g/mol. The molecular weight excluding hydrogens is 286 g/mol. The van der Waals surface area contributed by atoms with E-state index in [9.17, 15) is 13.6 Å². The van der Waals surface area contributed by atoms with Gasteiger partial charge in [0.05, 0.1) is 12.1 Å². The Balaban J connectivity index is 3.29. The van der Waals surface area contributed by atoms with Crippen LogP contribution in [0.5, 0.6) is 0 Å². The number of carboxylic acids is 1. The molecule has 0 aliphatic carbocycles. The summed E-state index contributed by atoms with van der Waals surface area (Å²) in [4.78, 5) is 14.4. The first-order valence-electron chi connectivity index (χ1n) is 4.34. The number of carbonyl (C=O) groups is 1. The molecule has 3 N–H and O–H groups in total. The van der Waals surface area contributed by atoms with E-state index >= 15 is 0 Å². The number of aliphatic carboxylic acids is 1. The van der Waals surface area contributed by atoms with Gasteiger partial charge in [-0.1, -0.05) is 0 Å². The van der Waals surface area contributed by atoms with Gasteiger partial charge in [-0.15, -0.1) is 0 Å². The van der Waals surface area contributed by atoms with Crippen LogP contribution in [0.2, 0.25) is 0 Å². The first-order chi connectivity index (χ1) is 7.45. The van der Waals surface area contributed by atoms with Crippen molar-refractivity contribution >= 4 is 21.9 Å². The number of alkyl halides is 2. The molecule has 4 nitrogen and oxygen atoms in total. The SMILES string of the molecule is NCc1c(C(F)F)cc(Br)nc1CC(=O)O. The summed E-state index contributed by atoms with van der Waals surface area (Å²) < 4.78 is 25.5. The number of hydrogen-bond donors (Lipinski definition) is 2. The van der Waals surface area contributed by atoms with Crippen LogP contribution in [0.25, 0.3) is 0 Å². The van der Waals surface area contributed by atoms with Gasteiger partial charge in [-0.3, -0.25) is 4.79 Å². The van der Waals surface area contributed by atoms with Gasteiger partial charge in [0.25, 0.3) is 6.43 Å². The van der Waals surface area contributed by atoms with Crippen LogP contribution in [0.15, 0.2) is 10.7 Å². The van der Waals surface area contributed by atoms with Gasteiger partial charge in [0.1, 0.15) is 4.60 Å². The van der Waals surface area contributed by atoms with Gasteiger partial charge < -0.3 is 10.8 Å². The predicted octanol–water partition coefficient (Wildman–Crippen LogP) is 1.87. The number of hydrogen-bond acceptors (Lipinski definition) is 3. The van der Waals surface area contributed by atoms with Crippen molar-refractivity contribution in [1.29, 1.82) is 0 Å². The molecule has 0 bridgehead atoms. The van der Waals surface area contributed by atoms with Crippen LogP contribution < -0.4 is 5.73 Å². The highest BCUT2D eigenvalue weighted by molar-refractivity contribution is 9.10. The minimum Gasteiger partial charge on any atom is -0.481 e. The van der Waals surface area contributed by atoms with E-state index < -0.39 is 18.8 Å². The minimum atomic E-state index is -2.70. The quantitative estimate of drug-likeness (QED) is 0.831. The second kappa shape index (κ2) is 5.31. The lowest BCUT2D eigenvalue weighted by Crippen LogP contribution is -2.12. The number of halogens is 3. The molecule has 0 atom stereocenters. The number of nitrogens with two attached hydrogens (primary N) is 1. The Morgan fingerprint density at radius 3 is 2.69 bits per heavy atom. The van der Waals surface area contributed by atoms with Gasteiger partial charge in [0, 0.05) is 12.1 Å². The topological polar surface area (TPSA) is 76.2 Å². The summed E-state index contributed by atoms with van der Waals surface area (Å²) in [7, 11) is 0. The van der Waals surface area contributed by atoms with Crippen molar-refractivity contribution in [1.82, 2.24) is 4.98 Å². The predicted molar refractivity (Wildman–Crippen MR) is 56.1 cm³/mol. The summed E-state index contributed by atoms with van der Waals surface area (Å²) >= 11 is 2.96. The lowest BCUT2D eigenvalue weighted by Gasteiger charge is -2.11. The van der Waals surface area contributed by atoms with E-state index in [1.165, 1.54) is 0 Å². The molecule has 0 spiro atoms. The van der Waals surface area contributed by atoms with E-state index in [2.05, 4.69) is 20.9 Å². The first kappa shape index (κ1) is 13.0. The third-order valence-corrected chi connectivity index (χ3v) is 2.38. The van der Waals surface area contributed by atoms with E-state index in [4.69, 9.17) is 10.8 Å². The maximum absolute atomic E-state index is 12.7. The summed E-state index contributed by atoms with van der Waals surface area (Å²) in [5.74, 6) is -1.14. The lowest BCUT2D eigenvalue weighted by atomic mass is 10.0. The summed E-state index contributed by atoms with van der Waals surface area (Å²) in [5, 5.41) is 8.62. The van der Waals surface area contributed by atoms with Crippen LogP contribution in [0.3, 0.4) is 0 Å². The van der Waals surface area contributed by atoms with Crippen LogP contribution in [0.1, 0.15) is 23.2 Å². The lowest BCUT2D eigenvalue weighted by molar-refractivity contribution is -0.136. The van der Waals surface area contributed by atoms with Crippen LogP contribution in [0.4, 0.5) is 8.78 Å². The molecule has 0 radical (unpaired) electrons. The van der Waals surface area contributed by atoms with Gasteiger partial charge in [0.15, 0.2) is 0 Å². The highest BCUT2D eigenvalue weighted by Gasteiger charge is 2.19. The molecule has 0 aromatic carbocycles. The van der Waals surface area contributed by atoms with Crippen molar-refractivity contribution in [2.24, 2.45) is 5.73 Å². The zero-order valence-electron chi connectivity index (χ0n) is 8.08. The standard InChI is InChI=1S/C9H9BrF2N2O2/c10-7-1-4(9(11)12)5(3-13)6(14-7)2-8(15)16/h1,9H,2-3,13H2,(H,15,16). The molecule has 0 amide bonds. The van der Waals surface area contributed by atoms with E-state index in [1.54, 1.807) is 0 Å². The Bertz CT molecular complexity index is 413. The zero-order chi connectivity index (χ0) is 12.3. The average Bonchev–Trinajstić information content (AvgIpc) is 2.15. The summed E-state index contributed by atoms with van der Waals surface area (Å²) in [6, 6.07) is 1.15. The molecule has 1 aromatic heterocycles. The monoisotopic (exact) mass is 294 g/mol. The van der Waals surface area contributed by atoms with Crippen molar-refractivity contribution in [3.8, 4) is 0 Å². The Morgan fingerprint density at radius 1 is 1.62 bits per heavy atom. The number of rotatable bonds is 4. The Labute approximate surface area is 98.6 Å². The van der Waals surface area contributed by atoms with E-state index in [1.807, 2.05) is 0 Å². The summed E-state index contributed by atoms with van der Waals surface area (Å²) in [5.41, 5.74) is 5.22. The van der Waals surface area contributed by atoms with E-state index in [-0.39, 0.29) is 28.0 Å². The Morgan fingerprint density at radius 2 is 2.25 bits per heavy atom. The Hall–Kier alpha value is -1.08. The number of carboxylic acid groups (broad SMARTS) is 1. The highest BCUT2D eigenvalue weighted by atomic mass is 79.9. The number of nitrogens with zero attached hydrogens (tertiary/aromatic N) is 1. The number of pyridine rings is 1. The molecule has 0 fully saturated rings. The highest BCUT2D eigenvalue weighted by Crippen LogP contribution is 2.27. The van der Waals surface area contributed by atoms with Crippen molar-refractivity contribution in [3.63, 3.8) is 0 Å². The van der Waals surface area contributed by atoms with Gasteiger partial charge in [-0.25, -0.2) is 13.8 Å². The number of aromatic nitrogens is 1. The molecule has 0 aliphatic rings. The fraction of sp³-hybridized carbons (Fsp3) is 0.333. The van der Waals surface area contributed by atoms with Crippen molar-refractivity contribution in [3.05, 3.63) is 27.5 Å². The van der Waals surface area contributed by atoms with Gasteiger partial charge in [0.2, 0.25) is 0 Å². The smallest absolute Gasteiger partial charge is 0.309 e. The van der Waals surface area contributed by atoms with Gasteiger partial charge >= 0.3 is 5.97 Å². The third-order valence-electron chi connectivity index (χ3n) is 1.97. The largest absolute Gasteiger partial charge is 0.481 e. The second-order valence-electron chi connectivity index (χ2n) is 3.03. The molecule has 1 heterocycles. The van der Waals surface area contributed by atoms with Crippen LogP contribution >= 0.6 is 15.9 Å². The molecule has 1 rings (SSSR count). The minimum absolute atomic E-state index is 0.0691. The Kier molecular flexibility index (Phi) is 4.31. The zero-order valence-corrected chi connectivity index (χ0v) is 9.67. The van der Waals surface area contributed by atoms with Gasteiger partial charge in [-0.2, -0.15) is 0 Å².